The van der Waals surface area contributed by atoms with Gasteiger partial charge in [-0.05, 0) is 37.1 Å². The number of thiazole rings is 1. The topological polar surface area (TPSA) is 63.5 Å². The summed E-state index contributed by atoms with van der Waals surface area (Å²) in [5.41, 5.74) is 3.60. The predicted molar refractivity (Wildman–Crippen MR) is 111 cm³/mol. The number of ether oxygens (including phenoxy) is 1. The molecule has 1 aromatic carbocycles. The van der Waals surface area contributed by atoms with E-state index in [4.69, 9.17) is 9.72 Å². The van der Waals surface area contributed by atoms with Crippen LogP contribution < -0.4 is 4.90 Å². The number of hydrogen-bond acceptors (Lipinski definition) is 6. The first kappa shape index (κ1) is 19.0. The van der Waals surface area contributed by atoms with E-state index in [0.717, 1.165) is 53.8 Å². The zero-order valence-electron chi connectivity index (χ0n) is 16.5. The molecule has 0 radical (unpaired) electrons. The molecule has 8 heteroatoms. The molecular weight excluding hydrogens is 374 g/mol. The van der Waals surface area contributed by atoms with Crippen molar-refractivity contribution in [1.82, 2.24) is 19.7 Å². The van der Waals surface area contributed by atoms with E-state index in [1.165, 1.54) is 5.56 Å². The molecular formula is C20H25N5O2S. The van der Waals surface area contributed by atoms with Crippen LogP contribution in [0.2, 0.25) is 0 Å². The van der Waals surface area contributed by atoms with Crippen LogP contribution in [-0.2, 0) is 11.8 Å². The number of anilines is 1. The van der Waals surface area contributed by atoms with Crippen molar-refractivity contribution in [2.75, 3.05) is 44.3 Å². The fourth-order valence-corrected chi connectivity index (χ4v) is 4.56. The maximum Gasteiger partial charge on any atom is 0.278 e. The molecule has 3 aromatic rings. The maximum absolute atomic E-state index is 13.5. The van der Waals surface area contributed by atoms with Gasteiger partial charge in [0.1, 0.15) is 5.69 Å². The first-order valence-corrected chi connectivity index (χ1v) is 10.3. The summed E-state index contributed by atoms with van der Waals surface area (Å²) >= 11 is 1.56. The van der Waals surface area contributed by atoms with Gasteiger partial charge in [0.15, 0.2) is 5.13 Å². The van der Waals surface area contributed by atoms with E-state index >= 15 is 0 Å². The lowest BCUT2D eigenvalue weighted by Gasteiger charge is -2.29. The molecule has 148 valence electrons. The third kappa shape index (κ3) is 3.80. The fraction of sp³-hybridized carbons (Fsp3) is 0.450. The van der Waals surface area contributed by atoms with Crippen molar-refractivity contribution >= 4 is 32.6 Å². The van der Waals surface area contributed by atoms with Gasteiger partial charge in [-0.1, -0.05) is 17.4 Å². The number of carbonyl (C=O) groups is 1. The van der Waals surface area contributed by atoms with Crippen LogP contribution in [0.15, 0.2) is 24.4 Å². The number of rotatable bonds is 5. The Morgan fingerprint density at radius 1 is 1.29 bits per heavy atom. The average Bonchev–Trinajstić information content (AvgIpc) is 3.25. The van der Waals surface area contributed by atoms with Crippen LogP contribution in [0.5, 0.6) is 0 Å². The zero-order valence-corrected chi connectivity index (χ0v) is 17.3. The number of nitrogens with zero attached hydrogens (tertiary/aromatic N) is 5. The molecule has 1 saturated heterocycles. The summed E-state index contributed by atoms with van der Waals surface area (Å²) in [6, 6.07) is 6.19. The number of hydrogen-bond donors (Lipinski definition) is 0. The van der Waals surface area contributed by atoms with E-state index in [1.54, 1.807) is 27.1 Å². The minimum atomic E-state index is -0.0541. The molecule has 3 heterocycles. The molecule has 4 rings (SSSR count). The molecule has 0 saturated carbocycles. The number of benzene rings is 1. The van der Waals surface area contributed by atoms with Crippen LogP contribution in [-0.4, -0.2) is 65.0 Å². The molecule has 1 amide bonds. The molecule has 0 N–H and O–H groups in total. The highest BCUT2D eigenvalue weighted by Gasteiger charge is 2.26. The molecule has 0 unspecified atom stereocenters. The van der Waals surface area contributed by atoms with Crippen LogP contribution >= 0.6 is 11.3 Å². The predicted octanol–water partition coefficient (Wildman–Crippen LogP) is 2.63. The summed E-state index contributed by atoms with van der Waals surface area (Å²) < 4.78 is 8.18. The van der Waals surface area contributed by atoms with Crippen molar-refractivity contribution in [2.45, 2.75) is 13.8 Å². The van der Waals surface area contributed by atoms with Gasteiger partial charge >= 0.3 is 0 Å². The summed E-state index contributed by atoms with van der Waals surface area (Å²) in [4.78, 5) is 22.3. The Labute approximate surface area is 168 Å². The molecule has 0 bridgehead atoms. The lowest BCUT2D eigenvalue weighted by atomic mass is 10.2. The Kier molecular flexibility index (Phi) is 5.43. The zero-order chi connectivity index (χ0) is 19.7. The second kappa shape index (κ2) is 7.98. The Morgan fingerprint density at radius 3 is 2.79 bits per heavy atom. The Balaban J connectivity index is 1.66. The molecule has 28 heavy (non-hydrogen) atoms. The number of morpholine rings is 1. The standard InChI is InChI=1S/C20H25N5O2S/c1-14-4-5-16-17(12-14)28-20(22-16)25(7-6-24-8-10-27-11-9-24)19(26)18-15(2)13-21-23(18)3/h4-5,12-13H,6-11H2,1-3H3. The quantitative estimate of drug-likeness (QED) is 0.660. The summed E-state index contributed by atoms with van der Waals surface area (Å²) in [6.45, 7) is 8.65. The van der Waals surface area contributed by atoms with Gasteiger partial charge in [-0.3, -0.25) is 19.3 Å². The van der Waals surface area contributed by atoms with Gasteiger partial charge in [0, 0.05) is 33.2 Å². The highest BCUT2D eigenvalue weighted by atomic mass is 32.1. The summed E-state index contributed by atoms with van der Waals surface area (Å²) in [7, 11) is 1.81. The second-order valence-corrected chi connectivity index (χ2v) is 8.19. The van der Waals surface area contributed by atoms with Crippen LogP contribution in [0.1, 0.15) is 21.6 Å². The molecule has 1 fully saturated rings. The van der Waals surface area contributed by atoms with E-state index < -0.39 is 0 Å². The molecule has 1 aliphatic heterocycles. The van der Waals surface area contributed by atoms with Gasteiger partial charge in [0.25, 0.3) is 5.91 Å². The third-order valence-corrected chi connectivity index (χ3v) is 6.12. The van der Waals surface area contributed by atoms with Crippen LogP contribution in [0.3, 0.4) is 0 Å². The monoisotopic (exact) mass is 399 g/mol. The van der Waals surface area contributed by atoms with Gasteiger partial charge in [-0.25, -0.2) is 4.98 Å². The number of carbonyl (C=O) groups excluding carboxylic acids is 1. The lowest BCUT2D eigenvalue weighted by Crippen LogP contribution is -2.43. The van der Waals surface area contributed by atoms with E-state index in [-0.39, 0.29) is 5.91 Å². The van der Waals surface area contributed by atoms with Gasteiger partial charge in [0.05, 0.1) is 29.6 Å². The van der Waals surface area contributed by atoms with E-state index in [9.17, 15) is 4.79 Å². The Morgan fingerprint density at radius 2 is 2.07 bits per heavy atom. The highest BCUT2D eigenvalue weighted by molar-refractivity contribution is 7.22. The van der Waals surface area contributed by atoms with E-state index in [0.29, 0.717) is 12.2 Å². The van der Waals surface area contributed by atoms with Gasteiger partial charge in [0.2, 0.25) is 0 Å². The largest absolute Gasteiger partial charge is 0.379 e. The molecule has 0 spiro atoms. The normalized spacial score (nSPS) is 15.2. The van der Waals surface area contributed by atoms with Crippen LogP contribution in [0.4, 0.5) is 5.13 Å². The lowest BCUT2D eigenvalue weighted by molar-refractivity contribution is 0.0391. The summed E-state index contributed by atoms with van der Waals surface area (Å²) in [6.07, 6.45) is 1.73. The molecule has 0 atom stereocenters. The van der Waals surface area contributed by atoms with Crippen molar-refractivity contribution in [3.8, 4) is 0 Å². The van der Waals surface area contributed by atoms with Gasteiger partial charge in [-0.2, -0.15) is 5.10 Å². The average molecular weight is 400 g/mol. The number of amides is 1. The van der Waals surface area contributed by atoms with Crippen molar-refractivity contribution in [2.24, 2.45) is 7.05 Å². The fourth-order valence-electron chi connectivity index (χ4n) is 3.47. The minimum Gasteiger partial charge on any atom is -0.379 e. The van der Waals surface area contributed by atoms with Crippen LogP contribution in [0, 0.1) is 13.8 Å². The Hall–Kier alpha value is -2.29. The third-order valence-electron chi connectivity index (χ3n) is 5.08. The molecule has 2 aromatic heterocycles. The van der Waals surface area contributed by atoms with Gasteiger partial charge < -0.3 is 4.74 Å². The number of fused-ring (bicyclic) bond motifs is 1. The van der Waals surface area contributed by atoms with Gasteiger partial charge in [-0.15, -0.1) is 0 Å². The molecule has 7 nitrogen and oxygen atoms in total. The highest BCUT2D eigenvalue weighted by Crippen LogP contribution is 2.30. The first-order chi connectivity index (χ1) is 13.5. The smallest absolute Gasteiger partial charge is 0.278 e. The van der Waals surface area contributed by atoms with E-state index in [1.807, 2.05) is 20.0 Å². The van der Waals surface area contributed by atoms with Crippen LogP contribution in [0.25, 0.3) is 10.2 Å². The minimum absolute atomic E-state index is 0.0541. The number of aryl methyl sites for hydroxylation is 3. The maximum atomic E-state index is 13.5. The number of aromatic nitrogens is 3. The van der Waals surface area contributed by atoms with Crippen molar-refractivity contribution in [1.29, 1.82) is 0 Å². The van der Waals surface area contributed by atoms with E-state index in [2.05, 4.69) is 29.1 Å². The molecule has 0 aliphatic carbocycles. The summed E-state index contributed by atoms with van der Waals surface area (Å²) in [5, 5.41) is 4.98. The van der Waals surface area contributed by atoms with Crippen molar-refractivity contribution < 1.29 is 9.53 Å². The second-order valence-electron chi connectivity index (χ2n) is 7.18. The SMILES string of the molecule is Cc1ccc2nc(N(CCN3CCOCC3)C(=O)c3c(C)cnn3C)sc2c1. The summed E-state index contributed by atoms with van der Waals surface area (Å²) in [5.74, 6) is -0.0541. The van der Waals surface area contributed by atoms with Crippen molar-refractivity contribution in [3.05, 3.63) is 41.2 Å². The Bertz CT molecular complexity index is 970. The first-order valence-electron chi connectivity index (χ1n) is 9.50. The van der Waals surface area contributed by atoms with Crippen molar-refractivity contribution in [3.63, 3.8) is 0 Å². The molecule has 1 aliphatic rings.